The fourth-order valence-corrected chi connectivity index (χ4v) is 4.80. The first-order chi connectivity index (χ1) is 17.4. The summed E-state index contributed by atoms with van der Waals surface area (Å²) in [5.41, 5.74) is 2.82. The molecule has 0 fully saturated rings. The van der Waals surface area contributed by atoms with Gasteiger partial charge in [0, 0.05) is 29.1 Å². The van der Waals surface area contributed by atoms with E-state index in [1.807, 2.05) is 60.0 Å². The van der Waals surface area contributed by atoms with Gasteiger partial charge in [0.25, 0.3) is 17.5 Å². The van der Waals surface area contributed by atoms with Crippen LogP contribution in [0.3, 0.4) is 0 Å². The topological polar surface area (TPSA) is 123 Å². The molecule has 178 valence electrons. The lowest BCUT2D eigenvalue weighted by Crippen LogP contribution is -2.40. The summed E-state index contributed by atoms with van der Waals surface area (Å²) in [6.07, 6.45) is 0. The number of aromatic nitrogens is 1. The van der Waals surface area contributed by atoms with Crippen molar-refractivity contribution < 1.29 is 19.3 Å². The number of amides is 3. The maximum atomic E-state index is 12.7. The van der Waals surface area contributed by atoms with Crippen LogP contribution in [0.1, 0.15) is 26.3 Å². The lowest BCUT2D eigenvalue weighted by atomic mass is 10.1. The Kier molecular flexibility index (Phi) is 6.09. The monoisotopic (exact) mass is 498 g/mol. The molecule has 5 rings (SSSR count). The molecule has 1 N–H and O–H groups in total. The molecule has 0 unspecified atom stereocenters. The fourth-order valence-electron chi connectivity index (χ4n) is 3.97. The van der Waals surface area contributed by atoms with Crippen LogP contribution in [0.25, 0.3) is 21.8 Å². The molecule has 0 spiro atoms. The minimum atomic E-state index is -0.850. The Morgan fingerprint density at radius 3 is 2.50 bits per heavy atom. The second-order valence-corrected chi connectivity index (χ2v) is 8.89. The van der Waals surface area contributed by atoms with Gasteiger partial charge in [0.05, 0.1) is 16.2 Å². The summed E-state index contributed by atoms with van der Waals surface area (Å²) >= 11 is 1.52. The molecule has 1 aliphatic heterocycles. The first-order valence-corrected chi connectivity index (χ1v) is 11.8. The number of imide groups is 1. The summed E-state index contributed by atoms with van der Waals surface area (Å²) in [6.45, 7) is -0.358. The number of carbonyl (C=O) groups excluding carboxylic acids is 3. The molecule has 0 radical (unpaired) electrons. The molecule has 0 atom stereocenters. The smallest absolute Gasteiger partial charge is 0.282 e. The van der Waals surface area contributed by atoms with Crippen LogP contribution in [0.4, 0.5) is 5.69 Å². The lowest BCUT2D eigenvalue weighted by Gasteiger charge is -2.13. The molecule has 1 aliphatic rings. The van der Waals surface area contributed by atoms with Gasteiger partial charge in [-0.2, -0.15) is 0 Å². The van der Waals surface area contributed by atoms with E-state index < -0.39 is 34.9 Å². The van der Waals surface area contributed by atoms with Crippen LogP contribution in [-0.2, 0) is 11.3 Å². The van der Waals surface area contributed by atoms with Gasteiger partial charge >= 0.3 is 0 Å². The highest BCUT2D eigenvalue weighted by Crippen LogP contribution is 2.31. The Bertz CT molecular complexity index is 1520. The maximum absolute atomic E-state index is 12.7. The standard InChI is InChI=1S/C26H18N4O5S/c31-22(14-29-25(32)19-10-5-11-21(30(34)35)23(19)26(29)33)27-13-16-6-4-9-18(12-16)24-28-20(15-36-24)17-7-2-1-3-8-17/h1-12,15H,13-14H2,(H,27,31). The summed E-state index contributed by atoms with van der Waals surface area (Å²) in [4.78, 5) is 53.8. The highest BCUT2D eigenvalue weighted by Gasteiger charge is 2.41. The van der Waals surface area contributed by atoms with Gasteiger partial charge in [-0.05, 0) is 17.7 Å². The number of nitrogens with zero attached hydrogens (tertiary/aromatic N) is 3. The Labute approximate surface area is 209 Å². The number of thiazole rings is 1. The number of nitro benzene ring substituents is 1. The highest BCUT2D eigenvalue weighted by molar-refractivity contribution is 7.13. The van der Waals surface area contributed by atoms with Crippen LogP contribution >= 0.6 is 11.3 Å². The second kappa shape index (κ2) is 9.51. The number of rotatable bonds is 7. The van der Waals surface area contributed by atoms with E-state index in [1.54, 1.807) is 0 Å². The second-order valence-electron chi connectivity index (χ2n) is 8.03. The fraction of sp³-hybridized carbons (Fsp3) is 0.0769. The Hall–Kier alpha value is -4.70. The average molecular weight is 499 g/mol. The molecule has 9 nitrogen and oxygen atoms in total. The normalized spacial score (nSPS) is 12.5. The number of nitrogens with one attached hydrogen (secondary N) is 1. The summed E-state index contributed by atoms with van der Waals surface area (Å²) in [7, 11) is 0. The molecule has 0 aliphatic carbocycles. The quantitative estimate of drug-likeness (QED) is 0.230. The number of nitro groups is 1. The zero-order valence-electron chi connectivity index (χ0n) is 18.7. The number of carbonyl (C=O) groups is 3. The molecular weight excluding hydrogens is 480 g/mol. The van der Waals surface area contributed by atoms with E-state index in [-0.39, 0.29) is 17.7 Å². The molecule has 1 aromatic heterocycles. The summed E-state index contributed by atoms with van der Waals surface area (Å²) in [5, 5.41) is 16.8. The third-order valence-electron chi connectivity index (χ3n) is 5.71. The van der Waals surface area contributed by atoms with E-state index in [9.17, 15) is 24.5 Å². The van der Waals surface area contributed by atoms with Crippen molar-refractivity contribution >= 4 is 34.7 Å². The largest absolute Gasteiger partial charge is 0.350 e. The number of hydrogen-bond donors (Lipinski definition) is 1. The van der Waals surface area contributed by atoms with Crippen LogP contribution in [-0.4, -0.2) is 39.1 Å². The van der Waals surface area contributed by atoms with Crippen molar-refractivity contribution in [3.63, 3.8) is 0 Å². The maximum Gasteiger partial charge on any atom is 0.282 e. The van der Waals surface area contributed by atoms with Gasteiger partial charge in [-0.1, -0.05) is 54.6 Å². The molecule has 0 saturated heterocycles. The number of benzene rings is 3. The molecule has 3 amide bonds. The van der Waals surface area contributed by atoms with Crippen molar-refractivity contribution in [2.24, 2.45) is 0 Å². The predicted molar refractivity (Wildman–Crippen MR) is 133 cm³/mol. The zero-order valence-corrected chi connectivity index (χ0v) is 19.5. The van der Waals surface area contributed by atoms with Gasteiger partial charge in [-0.25, -0.2) is 4.98 Å². The van der Waals surface area contributed by atoms with E-state index in [1.165, 1.54) is 23.5 Å². The Morgan fingerprint density at radius 2 is 1.72 bits per heavy atom. The van der Waals surface area contributed by atoms with E-state index in [0.29, 0.717) is 0 Å². The van der Waals surface area contributed by atoms with E-state index in [4.69, 9.17) is 4.98 Å². The minimum Gasteiger partial charge on any atom is -0.350 e. The van der Waals surface area contributed by atoms with Crippen LogP contribution in [0, 0.1) is 10.1 Å². The van der Waals surface area contributed by atoms with Crippen molar-refractivity contribution in [2.75, 3.05) is 6.54 Å². The number of hydrogen-bond acceptors (Lipinski definition) is 7. The lowest BCUT2D eigenvalue weighted by molar-refractivity contribution is -0.385. The van der Waals surface area contributed by atoms with Gasteiger partial charge < -0.3 is 5.32 Å². The molecular formula is C26H18N4O5S. The Morgan fingerprint density at radius 1 is 0.972 bits per heavy atom. The molecule has 36 heavy (non-hydrogen) atoms. The van der Waals surface area contributed by atoms with Crippen LogP contribution in [0.15, 0.2) is 78.2 Å². The number of fused-ring (bicyclic) bond motifs is 1. The molecule has 2 heterocycles. The molecule has 3 aromatic carbocycles. The summed E-state index contributed by atoms with van der Waals surface area (Å²) in [5.74, 6) is -2.13. The SMILES string of the molecule is O=C(CN1C(=O)c2cccc([N+](=O)[O-])c2C1=O)NCc1cccc(-c2nc(-c3ccccc3)cs2)c1. The molecule has 0 bridgehead atoms. The third kappa shape index (κ3) is 4.37. The van der Waals surface area contributed by atoms with Crippen LogP contribution in [0.2, 0.25) is 0 Å². The highest BCUT2D eigenvalue weighted by atomic mass is 32.1. The van der Waals surface area contributed by atoms with Crippen molar-refractivity contribution in [1.82, 2.24) is 15.2 Å². The van der Waals surface area contributed by atoms with Crippen molar-refractivity contribution in [1.29, 1.82) is 0 Å². The van der Waals surface area contributed by atoms with Crippen molar-refractivity contribution in [3.8, 4) is 21.8 Å². The molecule has 0 saturated carbocycles. The molecule has 4 aromatic rings. The van der Waals surface area contributed by atoms with Crippen molar-refractivity contribution in [2.45, 2.75) is 6.54 Å². The first-order valence-electron chi connectivity index (χ1n) is 10.9. The summed E-state index contributed by atoms with van der Waals surface area (Å²) < 4.78 is 0. The van der Waals surface area contributed by atoms with Gasteiger partial charge in [-0.3, -0.25) is 29.4 Å². The van der Waals surface area contributed by atoms with Crippen molar-refractivity contribution in [3.05, 3.63) is 105 Å². The van der Waals surface area contributed by atoms with E-state index in [2.05, 4.69) is 5.32 Å². The minimum absolute atomic E-state index is 0.0759. The predicted octanol–water partition coefficient (Wildman–Crippen LogP) is 4.30. The summed E-state index contributed by atoms with van der Waals surface area (Å²) in [6, 6.07) is 21.3. The zero-order chi connectivity index (χ0) is 25.2. The average Bonchev–Trinajstić information content (AvgIpc) is 3.48. The molecule has 10 heteroatoms. The van der Waals surface area contributed by atoms with E-state index in [0.717, 1.165) is 38.4 Å². The first kappa shape index (κ1) is 23.1. The van der Waals surface area contributed by atoms with Gasteiger partial charge in [-0.15, -0.1) is 11.3 Å². The van der Waals surface area contributed by atoms with Gasteiger partial charge in [0.15, 0.2) is 0 Å². The van der Waals surface area contributed by atoms with Crippen LogP contribution in [0.5, 0.6) is 0 Å². The third-order valence-corrected chi connectivity index (χ3v) is 6.60. The van der Waals surface area contributed by atoms with Crippen LogP contribution < -0.4 is 5.32 Å². The van der Waals surface area contributed by atoms with Gasteiger partial charge in [0.2, 0.25) is 5.91 Å². The Balaban J connectivity index is 1.24. The van der Waals surface area contributed by atoms with Gasteiger partial charge in [0.1, 0.15) is 17.1 Å². The van der Waals surface area contributed by atoms with E-state index >= 15 is 0 Å².